The second kappa shape index (κ2) is 4.09. The number of hydrogen-bond donors (Lipinski definition) is 1. The second-order valence-corrected chi connectivity index (χ2v) is 4.22. The highest BCUT2D eigenvalue weighted by molar-refractivity contribution is 7.53. The summed E-state index contributed by atoms with van der Waals surface area (Å²) in [4.78, 5) is 8.50. The lowest BCUT2D eigenvalue weighted by atomic mass is 10.2. The SMILES string of the molecule is CCCC(CC)P(=O)(O)F. The van der Waals surface area contributed by atoms with E-state index in [1.165, 1.54) is 0 Å². The number of halogens is 1. The molecule has 0 amide bonds. The molecule has 0 aliphatic rings. The normalized spacial score (nSPS) is 20.0. The molecule has 1 N–H and O–H groups in total. The van der Waals surface area contributed by atoms with Crippen LogP contribution in [0, 0.1) is 0 Å². The average molecular weight is 168 g/mol. The molecule has 2 atom stereocenters. The van der Waals surface area contributed by atoms with Crippen LogP contribution in [0.4, 0.5) is 4.20 Å². The molecule has 2 nitrogen and oxygen atoms in total. The summed E-state index contributed by atoms with van der Waals surface area (Å²) in [6, 6.07) is 0. The van der Waals surface area contributed by atoms with Gasteiger partial charge in [0.05, 0.1) is 5.66 Å². The van der Waals surface area contributed by atoms with Crippen molar-refractivity contribution in [3.8, 4) is 0 Å². The summed E-state index contributed by atoms with van der Waals surface area (Å²) in [7, 11) is -4.29. The van der Waals surface area contributed by atoms with Crippen molar-refractivity contribution in [2.75, 3.05) is 0 Å². The minimum atomic E-state index is -4.29. The highest BCUT2D eigenvalue weighted by Gasteiger charge is 2.27. The van der Waals surface area contributed by atoms with E-state index in [0.717, 1.165) is 6.42 Å². The Morgan fingerprint density at radius 2 is 2.10 bits per heavy atom. The first-order valence-corrected chi connectivity index (χ1v) is 5.16. The molecule has 0 fully saturated rings. The number of rotatable bonds is 4. The minimum absolute atomic E-state index is 0.443. The van der Waals surface area contributed by atoms with E-state index >= 15 is 0 Å². The standard InChI is InChI=1S/C6H14FO2P/c1-3-5-6(4-2)10(7,8)9/h6H,3-5H2,1-2H3,(H,8,9). The Balaban J connectivity index is 3.94. The molecule has 0 bridgehead atoms. The van der Waals surface area contributed by atoms with Gasteiger partial charge in [0.1, 0.15) is 0 Å². The Bertz CT molecular complexity index is 132. The van der Waals surface area contributed by atoms with Crippen molar-refractivity contribution in [2.45, 2.75) is 38.8 Å². The molecule has 0 aromatic heterocycles. The largest absolute Gasteiger partial charge is 0.368 e. The molecule has 0 aliphatic heterocycles. The summed E-state index contributed by atoms with van der Waals surface area (Å²) in [5.41, 5.74) is -0.641. The van der Waals surface area contributed by atoms with Gasteiger partial charge in [-0.1, -0.05) is 20.3 Å². The van der Waals surface area contributed by atoms with Gasteiger partial charge < -0.3 is 4.89 Å². The molecular weight excluding hydrogens is 154 g/mol. The fourth-order valence-electron chi connectivity index (χ4n) is 0.922. The van der Waals surface area contributed by atoms with Crippen molar-refractivity contribution < 1.29 is 13.7 Å². The van der Waals surface area contributed by atoms with Crippen LogP contribution < -0.4 is 0 Å². The summed E-state index contributed by atoms with van der Waals surface area (Å²) in [6.07, 6.45) is 1.70. The lowest BCUT2D eigenvalue weighted by Crippen LogP contribution is -2.03. The molecule has 0 saturated heterocycles. The van der Waals surface area contributed by atoms with E-state index in [0.29, 0.717) is 12.8 Å². The zero-order chi connectivity index (χ0) is 8.20. The molecule has 0 spiro atoms. The average Bonchev–Trinajstić information content (AvgIpc) is 1.80. The topological polar surface area (TPSA) is 37.3 Å². The van der Waals surface area contributed by atoms with E-state index in [1.54, 1.807) is 6.92 Å². The van der Waals surface area contributed by atoms with Gasteiger partial charge in [0.15, 0.2) is 0 Å². The highest BCUT2D eigenvalue weighted by atomic mass is 31.2. The van der Waals surface area contributed by atoms with Gasteiger partial charge in [-0.25, -0.2) is 0 Å². The van der Waals surface area contributed by atoms with Gasteiger partial charge in [0, 0.05) is 0 Å². The Morgan fingerprint density at radius 1 is 1.60 bits per heavy atom. The van der Waals surface area contributed by atoms with E-state index in [9.17, 15) is 8.76 Å². The van der Waals surface area contributed by atoms with E-state index < -0.39 is 13.3 Å². The zero-order valence-corrected chi connectivity index (χ0v) is 7.27. The minimum Gasteiger partial charge on any atom is -0.321 e. The van der Waals surface area contributed by atoms with Crippen LogP contribution in [0.3, 0.4) is 0 Å². The second-order valence-electron chi connectivity index (χ2n) is 2.40. The lowest BCUT2D eigenvalue weighted by molar-refractivity contribution is 0.405. The fourth-order valence-corrected chi connectivity index (χ4v) is 1.95. The molecule has 0 aliphatic carbocycles. The Hall–Kier alpha value is 0.120. The van der Waals surface area contributed by atoms with E-state index in [1.807, 2.05) is 6.92 Å². The first-order chi connectivity index (χ1) is 4.52. The van der Waals surface area contributed by atoms with Crippen molar-refractivity contribution in [1.82, 2.24) is 0 Å². The molecule has 4 heteroatoms. The van der Waals surface area contributed by atoms with Crippen molar-refractivity contribution >= 4 is 7.68 Å². The van der Waals surface area contributed by atoms with Crippen molar-refractivity contribution in [1.29, 1.82) is 0 Å². The van der Waals surface area contributed by atoms with Gasteiger partial charge in [-0.15, -0.1) is 0 Å². The van der Waals surface area contributed by atoms with Gasteiger partial charge in [0.25, 0.3) is 0 Å². The Kier molecular flexibility index (Phi) is 4.14. The summed E-state index contributed by atoms with van der Waals surface area (Å²) >= 11 is 0. The maximum Gasteiger partial charge on any atom is 0.368 e. The maximum atomic E-state index is 12.4. The van der Waals surface area contributed by atoms with Crippen LogP contribution in [0.5, 0.6) is 0 Å². The zero-order valence-electron chi connectivity index (χ0n) is 6.38. The summed E-state index contributed by atoms with van der Waals surface area (Å²) in [5, 5.41) is 0. The van der Waals surface area contributed by atoms with Gasteiger partial charge in [-0.05, 0) is 12.8 Å². The predicted molar refractivity (Wildman–Crippen MR) is 39.9 cm³/mol. The van der Waals surface area contributed by atoms with Gasteiger partial charge >= 0.3 is 7.68 Å². The molecule has 0 rings (SSSR count). The molecule has 0 radical (unpaired) electrons. The summed E-state index contributed by atoms with van der Waals surface area (Å²) < 4.78 is 22.8. The van der Waals surface area contributed by atoms with Gasteiger partial charge in [-0.3, -0.25) is 4.57 Å². The number of hydrogen-bond acceptors (Lipinski definition) is 1. The van der Waals surface area contributed by atoms with Crippen molar-refractivity contribution in [3.05, 3.63) is 0 Å². The van der Waals surface area contributed by atoms with Crippen molar-refractivity contribution in [3.63, 3.8) is 0 Å². The molecule has 62 valence electrons. The van der Waals surface area contributed by atoms with E-state index in [-0.39, 0.29) is 0 Å². The van der Waals surface area contributed by atoms with Gasteiger partial charge in [0.2, 0.25) is 0 Å². The third kappa shape index (κ3) is 3.33. The van der Waals surface area contributed by atoms with Crippen LogP contribution in [0.2, 0.25) is 0 Å². The van der Waals surface area contributed by atoms with Crippen LogP contribution in [0.1, 0.15) is 33.1 Å². The molecule has 0 aromatic carbocycles. The molecule has 10 heavy (non-hydrogen) atoms. The molecule has 0 aromatic rings. The van der Waals surface area contributed by atoms with E-state index in [2.05, 4.69) is 0 Å². The predicted octanol–water partition coefficient (Wildman–Crippen LogP) is 2.72. The highest BCUT2D eigenvalue weighted by Crippen LogP contribution is 2.50. The molecule has 0 saturated carbocycles. The first-order valence-electron chi connectivity index (χ1n) is 3.54. The quantitative estimate of drug-likeness (QED) is 0.655. The summed E-state index contributed by atoms with van der Waals surface area (Å²) in [6.45, 7) is 3.60. The van der Waals surface area contributed by atoms with Gasteiger partial charge in [-0.2, -0.15) is 4.20 Å². The maximum absolute atomic E-state index is 12.4. The Morgan fingerprint density at radius 3 is 2.20 bits per heavy atom. The van der Waals surface area contributed by atoms with Crippen molar-refractivity contribution in [2.24, 2.45) is 0 Å². The first kappa shape index (κ1) is 10.1. The molecular formula is C6H14FO2P. The molecule has 2 unspecified atom stereocenters. The van der Waals surface area contributed by atoms with Crippen LogP contribution in [-0.2, 0) is 4.57 Å². The Labute approximate surface area is 61.0 Å². The third-order valence-corrected chi connectivity index (χ3v) is 3.07. The summed E-state index contributed by atoms with van der Waals surface area (Å²) in [5.74, 6) is 0. The monoisotopic (exact) mass is 168 g/mol. The van der Waals surface area contributed by atoms with E-state index in [4.69, 9.17) is 4.89 Å². The van der Waals surface area contributed by atoms with Crippen LogP contribution in [0.15, 0.2) is 0 Å². The van der Waals surface area contributed by atoms with Crippen LogP contribution >= 0.6 is 7.68 Å². The smallest absolute Gasteiger partial charge is 0.321 e. The molecule has 0 heterocycles. The lowest BCUT2D eigenvalue weighted by Gasteiger charge is -2.12. The van der Waals surface area contributed by atoms with Crippen LogP contribution in [0.25, 0.3) is 0 Å². The fraction of sp³-hybridized carbons (Fsp3) is 1.00. The third-order valence-electron chi connectivity index (χ3n) is 1.54. The van der Waals surface area contributed by atoms with Crippen LogP contribution in [-0.4, -0.2) is 10.6 Å².